The lowest BCUT2D eigenvalue weighted by molar-refractivity contribution is -0.131. The first-order valence-corrected chi connectivity index (χ1v) is 9.09. The third kappa shape index (κ3) is 3.09. The predicted octanol–water partition coefficient (Wildman–Crippen LogP) is 3.49. The number of hydrogen-bond donors (Lipinski definition) is 1. The van der Waals surface area contributed by atoms with Crippen molar-refractivity contribution in [2.75, 3.05) is 6.54 Å². The molecule has 1 saturated heterocycles. The van der Waals surface area contributed by atoms with Crippen molar-refractivity contribution in [1.82, 2.24) is 10.2 Å². The van der Waals surface area contributed by atoms with Gasteiger partial charge in [0.1, 0.15) is 5.54 Å². The number of amides is 3. The molecule has 0 saturated carbocycles. The Balaban J connectivity index is 1.89. The molecule has 1 aliphatic rings. The molecule has 0 unspecified atom stereocenters. The summed E-state index contributed by atoms with van der Waals surface area (Å²) in [5.74, 6) is -0.575. The molecule has 2 aromatic rings. The van der Waals surface area contributed by atoms with Gasteiger partial charge in [-0.3, -0.25) is 14.5 Å². The van der Waals surface area contributed by atoms with Gasteiger partial charge >= 0.3 is 6.03 Å². The van der Waals surface area contributed by atoms with E-state index in [9.17, 15) is 14.4 Å². The van der Waals surface area contributed by atoms with Crippen molar-refractivity contribution in [2.24, 2.45) is 0 Å². The smallest absolute Gasteiger partial charge is 0.319 e. The number of aryl methyl sites for hydroxylation is 1. The van der Waals surface area contributed by atoms with Crippen LogP contribution in [0.4, 0.5) is 4.79 Å². The highest BCUT2D eigenvalue weighted by Crippen LogP contribution is 2.33. The zero-order chi connectivity index (χ0) is 18.0. The first-order valence-electron chi connectivity index (χ1n) is 8.27. The normalized spacial score (nSPS) is 20.0. The number of carbonyl (C=O) groups is 3. The van der Waals surface area contributed by atoms with E-state index in [4.69, 9.17) is 0 Å². The van der Waals surface area contributed by atoms with Gasteiger partial charge < -0.3 is 5.32 Å². The lowest BCUT2D eigenvalue weighted by Gasteiger charge is -2.26. The van der Waals surface area contributed by atoms with Crippen LogP contribution >= 0.6 is 11.3 Å². The van der Waals surface area contributed by atoms with Crippen LogP contribution in [0, 0.1) is 6.92 Å². The maximum atomic E-state index is 13.1. The number of thiophene rings is 1. The summed E-state index contributed by atoms with van der Waals surface area (Å²) < 4.78 is 0. The van der Waals surface area contributed by atoms with Crippen LogP contribution < -0.4 is 5.32 Å². The van der Waals surface area contributed by atoms with Gasteiger partial charge in [0.15, 0.2) is 5.78 Å². The highest BCUT2D eigenvalue weighted by molar-refractivity contribution is 7.14. The molecule has 0 aliphatic carbocycles. The van der Waals surface area contributed by atoms with Crippen molar-refractivity contribution in [3.63, 3.8) is 0 Å². The van der Waals surface area contributed by atoms with Crippen LogP contribution in [0.15, 0.2) is 42.5 Å². The summed E-state index contributed by atoms with van der Waals surface area (Å²) in [7, 11) is 0. The molecule has 6 heteroatoms. The van der Waals surface area contributed by atoms with Crippen LogP contribution in [-0.4, -0.2) is 29.2 Å². The van der Waals surface area contributed by atoms with Gasteiger partial charge in [-0.1, -0.05) is 43.7 Å². The Morgan fingerprint density at radius 1 is 1.16 bits per heavy atom. The highest BCUT2D eigenvalue weighted by Gasteiger charge is 2.52. The molecule has 0 spiro atoms. The minimum absolute atomic E-state index is 0.220. The molecule has 3 rings (SSSR count). The van der Waals surface area contributed by atoms with E-state index >= 15 is 0 Å². The molecule has 130 valence electrons. The molecule has 0 radical (unpaired) electrons. The lowest BCUT2D eigenvalue weighted by atomic mass is 9.85. The number of ketones is 1. The Hall–Kier alpha value is -2.47. The summed E-state index contributed by atoms with van der Waals surface area (Å²) >= 11 is 1.37. The summed E-state index contributed by atoms with van der Waals surface area (Å²) in [5.41, 5.74) is -0.337. The van der Waals surface area contributed by atoms with Gasteiger partial charge in [0.25, 0.3) is 5.91 Å². The molecule has 5 nitrogen and oxygen atoms in total. The van der Waals surface area contributed by atoms with E-state index in [2.05, 4.69) is 5.32 Å². The van der Waals surface area contributed by atoms with Crippen molar-refractivity contribution in [2.45, 2.75) is 32.2 Å². The fraction of sp³-hybridized carbons (Fsp3) is 0.316. The number of imide groups is 1. The highest BCUT2D eigenvalue weighted by atomic mass is 32.1. The van der Waals surface area contributed by atoms with E-state index in [1.165, 1.54) is 11.3 Å². The number of benzene rings is 1. The molecular weight excluding hydrogens is 336 g/mol. The van der Waals surface area contributed by atoms with Crippen LogP contribution in [0.2, 0.25) is 0 Å². The number of urea groups is 1. The SMILES string of the molecule is CCC[C@]1(c2ccccc2)NC(=O)N(CC(=O)c2ccc(C)s2)C1=O. The van der Waals surface area contributed by atoms with E-state index < -0.39 is 11.6 Å². The van der Waals surface area contributed by atoms with Gasteiger partial charge in [0, 0.05) is 4.88 Å². The maximum Gasteiger partial charge on any atom is 0.325 e. The quantitative estimate of drug-likeness (QED) is 0.636. The van der Waals surface area contributed by atoms with E-state index in [0.717, 1.165) is 21.8 Å². The van der Waals surface area contributed by atoms with Crippen molar-refractivity contribution in [3.8, 4) is 0 Å². The van der Waals surface area contributed by atoms with Crippen molar-refractivity contribution >= 4 is 29.1 Å². The van der Waals surface area contributed by atoms with Crippen LogP contribution in [-0.2, 0) is 10.3 Å². The van der Waals surface area contributed by atoms with Gasteiger partial charge in [0.05, 0.1) is 11.4 Å². The second-order valence-corrected chi connectivity index (χ2v) is 7.46. The molecule has 1 fully saturated rings. The Labute approximate surface area is 150 Å². The van der Waals surface area contributed by atoms with E-state index in [-0.39, 0.29) is 18.2 Å². The van der Waals surface area contributed by atoms with Crippen LogP contribution in [0.3, 0.4) is 0 Å². The van der Waals surface area contributed by atoms with Crippen LogP contribution in [0.25, 0.3) is 0 Å². The first-order chi connectivity index (χ1) is 12.0. The van der Waals surface area contributed by atoms with E-state index in [1.54, 1.807) is 6.07 Å². The van der Waals surface area contributed by atoms with Gasteiger partial charge in [0.2, 0.25) is 0 Å². The average molecular weight is 356 g/mol. The fourth-order valence-electron chi connectivity index (χ4n) is 3.18. The van der Waals surface area contributed by atoms with Crippen molar-refractivity contribution in [3.05, 3.63) is 57.8 Å². The van der Waals surface area contributed by atoms with Crippen molar-refractivity contribution < 1.29 is 14.4 Å². The Bertz CT molecular complexity index is 815. The Morgan fingerprint density at radius 3 is 2.48 bits per heavy atom. The van der Waals surface area contributed by atoms with Crippen LogP contribution in [0.5, 0.6) is 0 Å². The number of Topliss-reactive ketones (excluding diaryl/α,β-unsaturated/α-hetero) is 1. The summed E-state index contributed by atoms with van der Waals surface area (Å²) in [6.07, 6.45) is 1.22. The van der Waals surface area contributed by atoms with Gasteiger partial charge in [-0.2, -0.15) is 0 Å². The number of hydrogen-bond acceptors (Lipinski definition) is 4. The predicted molar refractivity (Wildman–Crippen MR) is 96.7 cm³/mol. The zero-order valence-electron chi connectivity index (χ0n) is 14.2. The molecule has 1 atom stereocenters. The average Bonchev–Trinajstić information content (AvgIpc) is 3.14. The number of nitrogens with one attached hydrogen (secondary N) is 1. The number of nitrogens with zero attached hydrogens (tertiary/aromatic N) is 1. The van der Waals surface area contributed by atoms with Gasteiger partial charge in [-0.15, -0.1) is 11.3 Å². The largest absolute Gasteiger partial charge is 0.325 e. The topological polar surface area (TPSA) is 66.5 Å². The third-order valence-electron chi connectivity index (χ3n) is 4.38. The van der Waals surface area contributed by atoms with Crippen LogP contribution in [0.1, 0.15) is 39.9 Å². The summed E-state index contributed by atoms with van der Waals surface area (Å²) in [6, 6.07) is 12.3. The molecule has 1 aromatic heterocycles. The molecule has 1 N–H and O–H groups in total. The fourth-order valence-corrected chi connectivity index (χ4v) is 3.98. The molecule has 1 aromatic carbocycles. The summed E-state index contributed by atoms with van der Waals surface area (Å²) in [6.45, 7) is 3.64. The maximum absolute atomic E-state index is 13.1. The summed E-state index contributed by atoms with van der Waals surface area (Å²) in [4.78, 5) is 40.6. The number of rotatable bonds is 6. The molecule has 0 bridgehead atoms. The first kappa shape index (κ1) is 17.4. The zero-order valence-corrected chi connectivity index (χ0v) is 15.1. The van der Waals surface area contributed by atoms with Gasteiger partial charge in [-0.05, 0) is 31.0 Å². The van der Waals surface area contributed by atoms with Gasteiger partial charge in [-0.25, -0.2) is 4.79 Å². The standard InChI is InChI=1S/C19H20N2O3S/c1-3-11-19(14-7-5-4-6-8-14)17(23)21(18(24)20-19)12-15(22)16-10-9-13(2)25-16/h4-10H,3,11-12H2,1-2H3,(H,20,24)/t19-/m1/s1. The van der Waals surface area contributed by atoms with Crippen molar-refractivity contribution in [1.29, 1.82) is 0 Å². The number of carbonyl (C=O) groups excluding carboxylic acids is 3. The molecule has 1 aliphatic heterocycles. The second-order valence-electron chi connectivity index (χ2n) is 6.18. The lowest BCUT2D eigenvalue weighted by Crippen LogP contribution is -2.44. The second kappa shape index (κ2) is 6.80. The molecular formula is C19H20N2O3S. The van der Waals surface area contributed by atoms with E-state index in [1.807, 2.05) is 50.2 Å². The molecule has 25 heavy (non-hydrogen) atoms. The summed E-state index contributed by atoms with van der Waals surface area (Å²) in [5, 5.41) is 2.84. The monoisotopic (exact) mass is 356 g/mol. The Kier molecular flexibility index (Phi) is 4.72. The Morgan fingerprint density at radius 2 is 1.88 bits per heavy atom. The van der Waals surface area contributed by atoms with E-state index in [0.29, 0.717) is 11.3 Å². The third-order valence-corrected chi connectivity index (χ3v) is 5.43. The minimum Gasteiger partial charge on any atom is -0.319 e. The molecule has 2 heterocycles. The minimum atomic E-state index is -1.08. The molecule has 3 amide bonds.